The first-order valence-corrected chi connectivity index (χ1v) is 11.8. The van der Waals surface area contributed by atoms with Crippen LogP contribution in [0, 0.1) is 0 Å². The van der Waals surface area contributed by atoms with Crippen LogP contribution in [0.25, 0.3) is 11.2 Å². The molecule has 21 heteroatoms. The van der Waals surface area contributed by atoms with Crippen LogP contribution < -0.4 is 109 Å². The Hall–Kier alpha value is 1.84. The summed E-state index contributed by atoms with van der Waals surface area (Å²) >= 11 is 1.20. The number of phosphoric acid groups is 2. The SMILES string of the molecule is CSc1nc(N)c2ncn([C@@H]3O[C@H](COP(=O)([O-])OP(=O)([O-])[O-])[C@@H](O)[C@H]3O)c2n1.[Na+].[Na+].[Na+]. The number of rotatable bonds is 7. The molecule has 3 heterocycles. The van der Waals surface area contributed by atoms with Gasteiger partial charge in [0.25, 0.3) is 7.82 Å². The van der Waals surface area contributed by atoms with Gasteiger partial charge in [-0.2, -0.15) is 0 Å². The summed E-state index contributed by atoms with van der Waals surface area (Å²) in [4.78, 5) is 44.5. The second-order valence-corrected chi connectivity index (χ2v) is 9.21. The van der Waals surface area contributed by atoms with Crippen LogP contribution in [0.4, 0.5) is 5.82 Å². The molecule has 1 fully saturated rings. The van der Waals surface area contributed by atoms with Gasteiger partial charge in [-0.05, 0) is 6.26 Å². The molecule has 2 aromatic heterocycles. The minimum atomic E-state index is -5.86. The standard InChI is InChI=1S/C11H17N5O10P2S.3Na/c1-29-11-14-8(12)5-9(15-11)16(3-13-5)10-7(18)6(17)4(25-10)2-24-28(22,23)26-27(19,20)21;;;/h3-4,6-7,10,17-18H,2H2,1H3,(H,22,23)(H2,12,14,15)(H2,19,20,21);;;/q;3*+1/p-3/t4-,6-,7-,10-;;;/m1.../s1. The number of nitrogen functional groups attached to an aromatic ring is 1. The molecule has 15 nitrogen and oxygen atoms in total. The fraction of sp³-hybridized carbons (Fsp3) is 0.545. The zero-order chi connectivity index (χ0) is 21.6. The van der Waals surface area contributed by atoms with E-state index in [9.17, 15) is 34.0 Å². The van der Waals surface area contributed by atoms with Crippen LogP contribution in [0.1, 0.15) is 6.23 Å². The number of fused-ring (bicyclic) bond motifs is 1. The molecule has 1 saturated heterocycles. The molecule has 32 heavy (non-hydrogen) atoms. The summed E-state index contributed by atoms with van der Waals surface area (Å²) in [6.07, 6.45) is -2.93. The zero-order valence-electron chi connectivity index (χ0n) is 17.4. The normalized spacial score (nSPS) is 24.8. The Balaban J connectivity index is 0.00000320. The topological polar surface area (TPSA) is 241 Å². The maximum Gasteiger partial charge on any atom is 1.00 e. The van der Waals surface area contributed by atoms with Crippen molar-refractivity contribution in [1.29, 1.82) is 0 Å². The maximum atomic E-state index is 11.3. The Kier molecular flexibility index (Phi) is 14.2. The summed E-state index contributed by atoms with van der Waals surface area (Å²) in [5.41, 5.74) is 6.22. The predicted molar refractivity (Wildman–Crippen MR) is 89.7 cm³/mol. The summed E-state index contributed by atoms with van der Waals surface area (Å²) in [5.74, 6) is 0.0788. The molecular weight excluding hydrogens is 525 g/mol. The molecule has 4 N–H and O–H groups in total. The summed E-state index contributed by atoms with van der Waals surface area (Å²) < 4.78 is 36.0. The Bertz CT molecular complexity index is 1010. The number of imidazole rings is 1. The Morgan fingerprint density at radius 2 is 1.84 bits per heavy atom. The van der Waals surface area contributed by atoms with E-state index in [0.717, 1.165) is 0 Å². The Labute approximate surface area is 251 Å². The number of aromatic nitrogens is 4. The van der Waals surface area contributed by atoms with E-state index >= 15 is 0 Å². The van der Waals surface area contributed by atoms with Gasteiger partial charge in [-0.3, -0.25) is 13.4 Å². The van der Waals surface area contributed by atoms with Crippen molar-refractivity contribution in [2.75, 3.05) is 18.6 Å². The van der Waals surface area contributed by atoms with Crippen molar-refractivity contribution in [3.05, 3.63) is 6.33 Å². The minimum Gasteiger partial charge on any atom is -0.790 e. The summed E-state index contributed by atoms with van der Waals surface area (Å²) in [6.45, 7) is -0.935. The van der Waals surface area contributed by atoms with E-state index in [1.807, 2.05) is 0 Å². The quantitative estimate of drug-likeness (QED) is 0.128. The summed E-state index contributed by atoms with van der Waals surface area (Å²) in [5, 5.41) is 20.7. The van der Waals surface area contributed by atoms with Gasteiger partial charge in [0.2, 0.25) is 0 Å². The number of nitrogens with two attached hydrogens (primary N) is 1. The van der Waals surface area contributed by atoms with E-state index in [2.05, 4.69) is 23.8 Å². The molecule has 0 amide bonds. The van der Waals surface area contributed by atoms with E-state index in [0.29, 0.717) is 5.16 Å². The molecule has 162 valence electrons. The summed E-state index contributed by atoms with van der Waals surface area (Å²) in [7, 11) is -11.4. The van der Waals surface area contributed by atoms with Crippen molar-refractivity contribution in [3.8, 4) is 0 Å². The van der Waals surface area contributed by atoms with E-state index in [1.165, 1.54) is 22.7 Å². The van der Waals surface area contributed by atoms with Gasteiger partial charge < -0.3 is 44.5 Å². The molecule has 0 spiro atoms. The van der Waals surface area contributed by atoms with Crippen LogP contribution in [-0.2, 0) is 22.7 Å². The van der Waals surface area contributed by atoms with Crippen LogP contribution >= 0.6 is 27.4 Å². The van der Waals surface area contributed by atoms with Crippen molar-refractivity contribution < 1.29 is 136 Å². The van der Waals surface area contributed by atoms with Crippen LogP contribution in [-0.4, -0.2) is 60.9 Å². The molecule has 1 unspecified atom stereocenters. The molecule has 0 radical (unpaired) electrons. The third-order valence-corrected chi connectivity index (χ3v) is 6.43. The first kappa shape index (κ1) is 33.8. The number of aliphatic hydroxyl groups is 2. The van der Waals surface area contributed by atoms with E-state index < -0.39 is 46.8 Å². The molecule has 2 aromatic rings. The number of hydrogen-bond donors (Lipinski definition) is 3. The van der Waals surface area contributed by atoms with E-state index in [-0.39, 0.29) is 106 Å². The first-order chi connectivity index (χ1) is 13.4. The number of nitrogens with zero attached hydrogens (tertiary/aromatic N) is 4. The van der Waals surface area contributed by atoms with Gasteiger partial charge in [-0.25, -0.2) is 15.0 Å². The van der Waals surface area contributed by atoms with Crippen molar-refractivity contribution in [2.45, 2.75) is 29.7 Å². The van der Waals surface area contributed by atoms with Crippen LogP contribution in [0.15, 0.2) is 11.5 Å². The van der Waals surface area contributed by atoms with E-state index in [1.54, 1.807) is 6.26 Å². The fourth-order valence-corrected chi connectivity index (χ4v) is 4.47. The summed E-state index contributed by atoms with van der Waals surface area (Å²) in [6, 6.07) is 0. The molecule has 0 aliphatic carbocycles. The monoisotopic (exact) mass is 539 g/mol. The van der Waals surface area contributed by atoms with E-state index in [4.69, 9.17) is 10.5 Å². The predicted octanol–water partition coefficient (Wildman–Crippen LogP) is -11.9. The average Bonchev–Trinajstić information content (AvgIpc) is 3.13. The number of phosphoric ester groups is 1. The number of thioether (sulfide) groups is 1. The van der Waals surface area contributed by atoms with Gasteiger partial charge in [0, 0.05) is 0 Å². The fourth-order valence-electron chi connectivity index (χ4n) is 2.60. The van der Waals surface area contributed by atoms with Crippen molar-refractivity contribution in [2.24, 2.45) is 0 Å². The third-order valence-electron chi connectivity index (χ3n) is 3.82. The number of aliphatic hydroxyl groups excluding tert-OH is 2. The Morgan fingerprint density at radius 1 is 1.22 bits per heavy atom. The number of anilines is 1. The maximum absolute atomic E-state index is 11.3. The second-order valence-electron chi connectivity index (χ2n) is 5.74. The first-order valence-electron chi connectivity index (χ1n) is 7.66. The van der Waals surface area contributed by atoms with Gasteiger partial charge in [0.15, 0.2) is 22.8 Å². The van der Waals surface area contributed by atoms with Crippen LogP contribution in [0.2, 0.25) is 0 Å². The number of hydrogen-bond acceptors (Lipinski definition) is 15. The zero-order valence-corrected chi connectivity index (χ0v) is 26.0. The van der Waals surface area contributed by atoms with Crippen LogP contribution in [0.3, 0.4) is 0 Å². The molecule has 0 saturated carbocycles. The minimum absolute atomic E-state index is 0. The third kappa shape index (κ3) is 8.18. The molecule has 0 aromatic carbocycles. The molecular formula is C11H14N5Na3O10P2S. The van der Waals surface area contributed by atoms with Gasteiger partial charge in [-0.15, -0.1) is 0 Å². The second kappa shape index (κ2) is 13.4. The van der Waals surface area contributed by atoms with Gasteiger partial charge in [0.1, 0.15) is 23.8 Å². The molecule has 5 atom stereocenters. The molecule has 1 aliphatic heterocycles. The molecule has 0 bridgehead atoms. The van der Waals surface area contributed by atoms with Gasteiger partial charge in [-0.1, -0.05) is 11.8 Å². The van der Waals surface area contributed by atoms with Crippen molar-refractivity contribution in [3.63, 3.8) is 0 Å². The van der Waals surface area contributed by atoms with Gasteiger partial charge >= 0.3 is 88.7 Å². The van der Waals surface area contributed by atoms with Crippen LogP contribution in [0.5, 0.6) is 0 Å². The van der Waals surface area contributed by atoms with Crippen molar-refractivity contribution in [1.82, 2.24) is 19.5 Å². The smallest absolute Gasteiger partial charge is 0.790 e. The molecule has 3 rings (SSSR count). The average molecular weight is 539 g/mol. The van der Waals surface area contributed by atoms with Gasteiger partial charge in [0.05, 0.1) is 20.8 Å². The molecule has 1 aliphatic rings. The Morgan fingerprint density at radius 3 is 2.41 bits per heavy atom. The van der Waals surface area contributed by atoms with Crippen molar-refractivity contribution >= 4 is 44.4 Å². The largest absolute Gasteiger partial charge is 1.00 e. The number of ether oxygens (including phenoxy) is 1.